The topological polar surface area (TPSA) is 123 Å². The predicted molar refractivity (Wildman–Crippen MR) is 131 cm³/mol. The zero-order chi connectivity index (χ0) is 24.8. The first-order chi connectivity index (χ1) is 16.9. The lowest BCUT2D eigenvalue weighted by atomic mass is 9.97. The molecule has 0 aliphatic carbocycles. The van der Waals surface area contributed by atoms with Crippen molar-refractivity contribution >= 4 is 27.6 Å². The summed E-state index contributed by atoms with van der Waals surface area (Å²) in [6, 6.07) is 15.1. The highest BCUT2D eigenvalue weighted by Crippen LogP contribution is 2.24. The summed E-state index contributed by atoms with van der Waals surface area (Å²) in [4.78, 5) is 27.0. The number of hydrogen-bond acceptors (Lipinski definition) is 5. The van der Waals surface area contributed by atoms with Crippen molar-refractivity contribution in [1.29, 1.82) is 5.26 Å². The first kappa shape index (κ1) is 24.7. The van der Waals surface area contributed by atoms with E-state index in [1.165, 1.54) is 28.6 Å². The van der Waals surface area contributed by atoms with E-state index < -0.39 is 10.0 Å². The molecule has 2 saturated heterocycles. The molecular formula is C25H29N5O4S. The Morgan fingerprint density at radius 3 is 2.34 bits per heavy atom. The Morgan fingerprint density at radius 2 is 1.69 bits per heavy atom. The maximum absolute atomic E-state index is 12.9. The molecule has 2 N–H and O–H groups in total. The summed E-state index contributed by atoms with van der Waals surface area (Å²) in [6.07, 6.45) is 2.93. The minimum absolute atomic E-state index is 0.105. The normalized spacial score (nSPS) is 17.1. The van der Waals surface area contributed by atoms with Crippen LogP contribution in [0.15, 0.2) is 53.4 Å². The van der Waals surface area contributed by atoms with E-state index >= 15 is 0 Å². The average molecular weight is 496 g/mol. The highest BCUT2D eigenvalue weighted by molar-refractivity contribution is 7.89. The van der Waals surface area contributed by atoms with Crippen LogP contribution >= 0.6 is 0 Å². The summed E-state index contributed by atoms with van der Waals surface area (Å²) in [5, 5.41) is 14.8. The van der Waals surface area contributed by atoms with Gasteiger partial charge >= 0.3 is 6.03 Å². The van der Waals surface area contributed by atoms with E-state index in [-0.39, 0.29) is 35.8 Å². The van der Waals surface area contributed by atoms with Gasteiger partial charge in [-0.05, 0) is 67.6 Å². The molecule has 2 aromatic rings. The molecule has 184 valence electrons. The van der Waals surface area contributed by atoms with Crippen molar-refractivity contribution in [3.05, 3.63) is 59.7 Å². The zero-order valence-electron chi connectivity index (χ0n) is 19.4. The van der Waals surface area contributed by atoms with Gasteiger partial charge in [-0.1, -0.05) is 12.1 Å². The van der Waals surface area contributed by atoms with Crippen LogP contribution in [0.25, 0.3) is 0 Å². The lowest BCUT2D eigenvalue weighted by Gasteiger charge is -2.30. The lowest BCUT2D eigenvalue weighted by Crippen LogP contribution is -2.42. The lowest BCUT2D eigenvalue weighted by molar-refractivity contribution is -0.126. The number of likely N-dealkylation sites (tertiary alicyclic amines) is 1. The number of nitrogens with one attached hydrogen (secondary N) is 2. The molecule has 9 nitrogen and oxygen atoms in total. The number of hydrogen-bond donors (Lipinski definition) is 2. The van der Waals surface area contributed by atoms with E-state index in [0.717, 1.165) is 31.5 Å². The molecule has 2 aliphatic heterocycles. The fourth-order valence-electron chi connectivity index (χ4n) is 4.42. The van der Waals surface area contributed by atoms with Crippen molar-refractivity contribution in [2.75, 3.05) is 31.5 Å². The second kappa shape index (κ2) is 10.9. The van der Waals surface area contributed by atoms with E-state index in [1.807, 2.05) is 30.3 Å². The molecule has 0 unspecified atom stereocenters. The third kappa shape index (κ3) is 5.99. The van der Waals surface area contributed by atoms with Gasteiger partial charge in [-0.3, -0.25) is 4.79 Å². The minimum Gasteiger partial charge on any atom is -0.352 e. The molecular weight excluding hydrogens is 466 g/mol. The van der Waals surface area contributed by atoms with E-state index in [1.54, 1.807) is 4.90 Å². The van der Waals surface area contributed by atoms with Gasteiger partial charge < -0.3 is 15.5 Å². The number of amides is 3. The number of nitriles is 1. The average Bonchev–Trinajstić information content (AvgIpc) is 3.43. The Hall–Kier alpha value is -3.42. The number of anilines is 1. The highest BCUT2D eigenvalue weighted by atomic mass is 32.2. The van der Waals surface area contributed by atoms with Gasteiger partial charge in [0.15, 0.2) is 0 Å². The quantitative estimate of drug-likeness (QED) is 0.638. The summed E-state index contributed by atoms with van der Waals surface area (Å²) in [5.74, 6) is -0.368. The molecule has 2 aliphatic rings. The minimum atomic E-state index is -3.66. The van der Waals surface area contributed by atoms with Crippen molar-refractivity contribution in [2.45, 2.75) is 37.1 Å². The monoisotopic (exact) mass is 495 g/mol. The number of nitrogens with zero attached hydrogens (tertiary/aromatic N) is 3. The molecule has 4 rings (SSSR count). The standard InChI is InChI=1S/C25H29N5O4S/c26-17-19-6-8-23(9-7-19)35(33,34)30-14-10-21(11-15-30)24(31)27-18-20-4-3-5-22(16-20)28-25(32)29-12-1-2-13-29/h3-9,16,21H,1-2,10-15,18H2,(H,27,31)(H,28,32). The van der Waals surface area contributed by atoms with Gasteiger partial charge in [-0.15, -0.1) is 0 Å². The molecule has 3 amide bonds. The van der Waals surface area contributed by atoms with Gasteiger partial charge in [0.05, 0.1) is 16.5 Å². The fraction of sp³-hybridized carbons (Fsp3) is 0.400. The Morgan fingerprint density at radius 1 is 1.00 bits per heavy atom. The first-order valence-corrected chi connectivity index (χ1v) is 13.2. The van der Waals surface area contributed by atoms with Crippen LogP contribution in [-0.4, -0.2) is 55.7 Å². The molecule has 2 heterocycles. The molecule has 35 heavy (non-hydrogen) atoms. The zero-order valence-corrected chi connectivity index (χ0v) is 20.3. The van der Waals surface area contributed by atoms with Crippen LogP contribution in [0.5, 0.6) is 0 Å². The van der Waals surface area contributed by atoms with Gasteiger partial charge in [0.25, 0.3) is 0 Å². The number of rotatable bonds is 6. The van der Waals surface area contributed by atoms with Crippen molar-refractivity contribution in [2.24, 2.45) is 5.92 Å². The Kier molecular flexibility index (Phi) is 7.68. The summed E-state index contributed by atoms with van der Waals surface area (Å²) >= 11 is 0. The van der Waals surface area contributed by atoms with Gasteiger partial charge in [0.2, 0.25) is 15.9 Å². The van der Waals surface area contributed by atoms with E-state index in [0.29, 0.717) is 30.6 Å². The highest BCUT2D eigenvalue weighted by Gasteiger charge is 2.32. The molecule has 0 saturated carbocycles. The number of piperidine rings is 1. The summed E-state index contributed by atoms with van der Waals surface area (Å²) in [5.41, 5.74) is 1.97. The van der Waals surface area contributed by atoms with Gasteiger partial charge in [-0.25, -0.2) is 13.2 Å². The Labute approximate surface area is 205 Å². The van der Waals surface area contributed by atoms with Crippen LogP contribution in [-0.2, 0) is 21.4 Å². The van der Waals surface area contributed by atoms with Crippen LogP contribution in [0.2, 0.25) is 0 Å². The number of sulfonamides is 1. The third-order valence-corrected chi connectivity index (χ3v) is 8.40. The second-order valence-corrected chi connectivity index (χ2v) is 10.8. The van der Waals surface area contributed by atoms with Gasteiger partial charge in [-0.2, -0.15) is 9.57 Å². The molecule has 0 spiro atoms. The largest absolute Gasteiger partial charge is 0.352 e. The molecule has 2 aromatic carbocycles. The number of carbonyl (C=O) groups excluding carboxylic acids is 2. The summed E-state index contributed by atoms with van der Waals surface area (Å²) < 4.78 is 27.1. The molecule has 0 bridgehead atoms. The Balaban J connectivity index is 1.27. The van der Waals surface area contributed by atoms with Crippen LogP contribution in [0.1, 0.15) is 36.8 Å². The maximum Gasteiger partial charge on any atom is 0.321 e. The van der Waals surface area contributed by atoms with E-state index in [4.69, 9.17) is 5.26 Å². The fourth-order valence-corrected chi connectivity index (χ4v) is 5.89. The molecule has 0 atom stereocenters. The number of benzene rings is 2. The second-order valence-electron chi connectivity index (χ2n) is 8.86. The SMILES string of the molecule is N#Cc1ccc(S(=O)(=O)N2CCC(C(=O)NCc3cccc(NC(=O)N4CCCC4)c3)CC2)cc1. The Bertz CT molecular complexity index is 1210. The van der Waals surface area contributed by atoms with E-state index in [2.05, 4.69) is 10.6 Å². The van der Waals surface area contributed by atoms with Crippen LogP contribution in [0.3, 0.4) is 0 Å². The van der Waals surface area contributed by atoms with Gasteiger partial charge in [0.1, 0.15) is 0 Å². The van der Waals surface area contributed by atoms with Crippen molar-refractivity contribution in [1.82, 2.24) is 14.5 Å². The van der Waals surface area contributed by atoms with Crippen molar-refractivity contribution in [3.8, 4) is 6.07 Å². The van der Waals surface area contributed by atoms with Crippen molar-refractivity contribution < 1.29 is 18.0 Å². The van der Waals surface area contributed by atoms with Crippen molar-refractivity contribution in [3.63, 3.8) is 0 Å². The molecule has 0 radical (unpaired) electrons. The molecule has 0 aromatic heterocycles. The van der Waals surface area contributed by atoms with E-state index in [9.17, 15) is 18.0 Å². The summed E-state index contributed by atoms with van der Waals surface area (Å²) in [7, 11) is -3.66. The third-order valence-electron chi connectivity index (χ3n) is 6.48. The number of urea groups is 1. The van der Waals surface area contributed by atoms with Gasteiger partial charge in [0, 0.05) is 44.3 Å². The first-order valence-electron chi connectivity index (χ1n) is 11.8. The van der Waals surface area contributed by atoms with Crippen LogP contribution in [0, 0.1) is 17.2 Å². The number of carbonyl (C=O) groups is 2. The maximum atomic E-state index is 12.9. The molecule has 2 fully saturated rings. The summed E-state index contributed by atoms with van der Waals surface area (Å²) in [6.45, 7) is 2.40. The van der Waals surface area contributed by atoms with Crippen LogP contribution in [0.4, 0.5) is 10.5 Å². The predicted octanol–water partition coefficient (Wildman–Crippen LogP) is 2.90. The van der Waals surface area contributed by atoms with Crippen LogP contribution < -0.4 is 10.6 Å². The molecule has 10 heteroatoms. The smallest absolute Gasteiger partial charge is 0.321 e.